The molecule has 3 aliphatic carbocycles. The Morgan fingerprint density at radius 3 is 2.60 bits per heavy atom. The van der Waals surface area contributed by atoms with E-state index in [2.05, 4.69) is 36.3 Å². The number of carboxylic acid groups (broad SMARTS) is 1. The fourth-order valence-electron chi connectivity index (χ4n) is 8.66. The molecule has 3 N–H and O–H groups in total. The van der Waals surface area contributed by atoms with E-state index < -0.39 is 26.9 Å². The maximum atomic E-state index is 12.9. The number of rotatable bonds is 13. The molecular formula is C39H49ClN2O7S. The molecule has 3 aromatic rings. The van der Waals surface area contributed by atoms with Crippen LogP contribution in [0, 0.1) is 11.8 Å². The minimum atomic E-state index is -4.14. The van der Waals surface area contributed by atoms with Crippen molar-refractivity contribution >= 4 is 33.4 Å². The lowest BCUT2D eigenvalue weighted by Crippen LogP contribution is -2.53. The van der Waals surface area contributed by atoms with Crippen molar-refractivity contribution in [3.8, 4) is 11.5 Å². The van der Waals surface area contributed by atoms with E-state index in [1.807, 2.05) is 30.5 Å². The Balaban J connectivity index is 1.23. The van der Waals surface area contributed by atoms with Gasteiger partial charge < -0.3 is 19.9 Å². The molecular weight excluding hydrogens is 676 g/mol. The Hall–Kier alpha value is -3.34. The van der Waals surface area contributed by atoms with Gasteiger partial charge in [0.2, 0.25) is 0 Å². The average Bonchev–Trinajstić information content (AvgIpc) is 3.35. The van der Waals surface area contributed by atoms with Gasteiger partial charge in [-0.3, -0.25) is 9.54 Å². The number of halogens is 1. The first kappa shape index (κ1) is 36.5. The van der Waals surface area contributed by atoms with Gasteiger partial charge in [0.15, 0.2) is 0 Å². The van der Waals surface area contributed by atoms with E-state index in [4.69, 9.17) is 21.1 Å². The molecule has 1 spiro atoms. The van der Waals surface area contributed by atoms with Crippen LogP contribution in [0.5, 0.6) is 11.5 Å². The number of nitrogens with zero attached hydrogens (tertiary/aromatic N) is 1. The number of ether oxygens (including phenoxy) is 2. The van der Waals surface area contributed by atoms with Crippen LogP contribution in [0.15, 0.2) is 54.7 Å². The molecule has 50 heavy (non-hydrogen) atoms. The second kappa shape index (κ2) is 14.7. The predicted octanol–water partition coefficient (Wildman–Crippen LogP) is 8.24. The molecule has 270 valence electrons. The summed E-state index contributed by atoms with van der Waals surface area (Å²) in [5.41, 5.74) is 4.13. The molecule has 4 atom stereocenters. The summed E-state index contributed by atoms with van der Waals surface area (Å²) < 4.78 is 45.0. The highest BCUT2D eigenvalue weighted by atomic mass is 35.5. The van der Waals surface area contributed by atoms with Crippen molar-refractivity contribution in [1.82, 2.24) is 4.98 Å². The Morgan fingerprint density at radius 2 is 1.88 bits per heavy atom. The smallest absolute Gasteiger partial charge is 0.329 e. The average molecular weight is 725 g/mol. The molecule has 6 rings (SSSR count). The van der Waals surface area contributed by atoms with Crippen LogP contribution >= 0.6 is 11.6 Å². The highest BCUT2D eigenvalue weighted by molar-refractivity contribution is 7.86. The van der Waals surface area contributed by atoms with E-state index in [9.17, 15) is 22.9 Å². The number of hydrogen-bond donors (Lipinski definition) is 3. The Labute approximate surface area is 300 Å². The number of fused-ring (bicyclic) bond motifs is 3. The van der Waals surface area contributed by atoms with E-state index in [1.165, 1.54) is 23.6 Å². The first-order valence-electron chi connectivity index (χ1n) is 17.9. The molecule has 1 fully saturated rings. The Morgan fingerprint density at radius 1 is 1.10 bits per heavy atom. The summed E-state index contributed by atoms with van der Waals surface area (Å²) in [5.74, 6) is 1.67. The third-order valence-electron chi connectivity index (χ3n) is 11.6. The fourth-order valence-corrected chi connectivity index (χ4v) is 9.24. The summed E-state index contributed by atoms with van der Waals surface area (Å²) in [6, 6.07) is 15.3. The lowest BCUT2D eigenvalue weighted by atomic mass is 9.59. The lowest BCUT2D eigenvalue weighted by Gasteiger charge is -2.47. The fraction of sp³-hybridized carbons (Fsp3) is 0.538. The molecule has 2 aromatic carbocycles. The van der Waals surface area contributed by atoms with Gasteiger partial charge in [0.05, 0.1) is 18.5 Å². The van der Waals surface area contributed by atoms with Crippen molar-refractivity contribution in [3.05, 3.63) is 82.1 Å². The molecule has 1 heterocycles. The van der Waals surface area contributed by atoms with Crippen LogP contribution < -0.4 is 14.8 Å². The van der Waals surface area contributed by atoms with Crippen molar-refractivity contribution < 1.29 is 32.3 Å². The molecule has 11 heteroatoms. The summed E-state index contributed by atoms with van der Waals surface area (Å²) in [6.45, 7) is 6.69. The molecule has 1 saturated carbocycles. The molecule has 3 aliphatic rings. The van der Waals surface area contributed by atoms with Gasteiger partial charge in [0.25, 0.3) is 10.1 Å². The number of aromatic nitrogens is 1. The van der Waals surface area contributed by atoms with Gasteiger partial charge in [-0.1, -0.05) is 37.6 Å². The monoisotopic (exact) mass is 724 g/mol. The van der Waals surface area contributed by atoms with Crippen molar-refractivity contribution in [2.24, 2.45) is 11.8 Å². The van der Waals surface area contributed by atoms with Crippen LogP contribution in [0.4, 0.5) is 5.69 Å². The van der Waals surface area contributed by atoms with Gasteiger partial charge in [-0.2, -0.15) is 8.42 Å². The topological polar surface area (TPSA) is 135 Å². The van der Waals surface area contributed by atoms with E-state index >= 15 is 0 Å². The second-order valence-electron chi connectivity index (χ2n) is 15.0. The normalized spacial score (nSPS) is 25.7. The number of benzene rings is 2. The first-order valence-corrected chi connectivity index (χ1v) is 19.8. The predicted molar refractivity (Wildman–Crippen MR) is 195 cm³/mol. The van der Waals surface area contributed by atoms with Gasteiger partial charge in [-0.25, -0.2) is 4.79 Å². The SMILES string of the molecule is CC(CCOc1ccc2c(c1)C1(CCC(Nc3cccc(Cl)c3)(C(=O)O)CC1)[C@@H](C[C@@H](C)COc1ccnc3c1[C@H](C)CCC3)C2)S(=O)(=O)O. The van der Waals surface area contributed by atoms with Gasteiger partial charge in [-0.05, 0) is 135 Å². The van der Waals surface area contributed by atoms with E-state index in [1.54, 1.807) is 12.1 Å². The van der Waals surface area contributed by atoms with Crippen LogP contribution in [0.1, 0.15) is 100 Å². The van der Waals surface area contributed by atoms with Crippen molar-refractivity contribution in [1.29, 1.82) is 0 Å². The number of aryl methyl sites for hydroxylation is 1. The van der Waals surface area contributed by atoms with Crippen molar-refractivity contribution in [2.75, 3.05) is 18.5 Å². The second-order valence-corrected chi connectivity index (χ2v) is 17.2. The summed E-state index contributed by atoms with van der Waals surface area (Å²) in [5, 5.41) is 13.6. The molecule has 0 saturated heterocycles. The maximum absolute atomic E-state index is 12.9. The zero-order valence-corrected chi connectivity index (χ0v) is 30.7. The van der Waals surface area contributed by atoms with Gasteiger partial charge in [-0.15, -0.1) is 0 Å². The van der Waals surface area contributed by atoms with Crippen LogP contribution in [0.25, 0.3) is 0 Å². The maximum Gasteiger partial charge on any atom is 0.329 e. The third kappa shape index (κ3) is 7.63. The van der Waals surface area contributed by atoms with Crippen LogP contribution in [-0.4, -0.2) is 53.0 Å². The standard InChI is InChI=1S/C39H49ClN2O7S/c1-25(24-49-35-12-18-41-34-9-4-6-26(2)36(34)35)20-29-21-28-10-11-32(48-19-13-27(3)50(45,46)47)23-33(28)38(29)14-16-39(17-15-38,37(43)44)42-31-8-5-7-30(40)22-31/h5,7-8,10-12,18,22-23,25-27,29,42H,4,6,9,13-17,19-21,24H2,1-3H3,(H,43,44)(H,45,46,47)/t25-,26-,27?,29+,38?,39?/m1/s1. The largest absolute Gasteiger partial charge is 0.494 e. The summed E-state index contributed by atoms with van der Waals surface area (Å²) >= 11 is 6.25. The molecule has 1 aromatic heterocycles. The van der Waals surface area contributed by atoms with Crippen LogP contribution in [0.3, 0.4) is 0 Å². The van der Waals surface area contributed by atoms with Crippen molar-refractivity contribution in [3.63, 3.8) is 0 Å². The first-order chi connectivity index (χ1) is 23.8. The van der Waals surface area contributed by atoms with Crippen LogP contribution in [-0.2, 0) is 33.2 Å². The Kier molecular flexibility index (Phi) is 10.7. The van der Waals surface area contributed by atoms with Gasteiger partial charge in [0, 0.05) is 34.6 Å². The van der Waals surface area contributed by atoms with Gasteiger partial charge >= 0.3 is 5.97 Å². The number of anilines is 1. The molecule has 0 bridgehead atoms. The Bertz CT molecular complexity index is 1810. The van der Waals surface area contributed by atoms with E-state index in [0.29, 0.717) is 54.7 Å². The number of carboxylic acids is 1. The number of hydrogen-bond acceptors (Lipinski definition) is 7. The zero-order valence-electron chi connectivity index (χ0n) is 29.2. The molecule has 0 amide bonds. The van der Waals surface area contributed by atoms with E-state index in [-0.39, 0.29) is 30.3 Å². The molecule has 1 unspecified atom stereocenters. The van der Waals surface area contributed by atoms with Crippen molar-refractivity contribution in [2.45, 2.75) is 107 Å². The number of nitrogens with one attached hydrogen (secondary N) is 1. The minimum absolute atomic E-state index is 0.146. The lowest BCUT2D eigenvalue weighted by molar-refractivity contribution is -0.144. The summed E-state index contributed by atoms with van der Waals surface area (Å²) in [6.07, 6.45) is 9.33. The molecule has 0 aliphatic heterocycles. The molecule has 9 nitrogen and oxygen atoms in total. The van der Waals surface area contributed by atoms with Crippen LogP contribution in [0.2, 0.25) is 5.02 Å². The third-order valence-corrected chi connectivity index (χ3v) is 13.1. The van der Waals surface area contributed by atoms with Gasteiger partial charge in [0.1, 0.15) is 17.0 Å². The zero-order chi connectivity index (χ0) is 35.7. The number of aliphatic carboxylic acids is 1. The summed E-state index contributed by atoms with van der Waals surface area (Å²) in [4.78, 5) is 17.6. The highest BCUT2D eigenvalue weighted by Gasteiger charge is 2.54. The number of pyridine rings is 1. The number of carbonyl (C=O) groups is 1. The van der Waals surface area contributed by atoms with E-state index in [0.717, 1.165) is 43.5 Å². The minimum Gasteiger partial charge on any atom is -0.494 e. The quantitative estimate of drug-likeness (QED) is 0.149. The molecule has 0 radical (unpaired) electrons. The highest BCUT2D eigenvalue weighted by Crippen LogP contribution is 2.57. The summed E-state index contributed by atoms with van der Waals surface area (Å²) in [7, 11) is -4.14.